The normalized spacial score (nSPS) is 13.8. The van der Waals surface area contributed by atoms with Crippen LogP contribution in [0.15, 0.2) is 0 Å². The maximum atomic E-state index is 5.99. The minimum atomic E-state index is 0.405. The first kappa shape index (κ1) is 17.9. The zero-order valence-electron chi connectivity index (χ0n) is 13.4. The molecule has 0 spiro atoms. The lowest BCUT2D eigenvalue weighted by Crippen LogP contribution is -2.30. The minimum absolute atomic E-state index is 0.405. The second-order valence-corrected chi connectivity index (χ2v) is 6.52. The van der Waals surface area contributed by atoms with Gasteiger partial charge in [-0.25, -0.2) is 0 Å². The van der Waals surface area contributed by atoms with Gasteiger partial charge in [0.05, 0.1) is 0 Å². The SMILES string of the molecule is CCC(N)CCCN(CCC(C)C)CCC(C)C. The van der Waals surface area contributed by atoms with Crippen LogP contribution in [0.25, 0.3) is 0 Å². The Kier molecular flexibility index (Phi) is 10.8. The Bertz CT molecular complexity index is 166. The van der Waals surface area contributed by atoms with E-state index in [0.717, 1.165) is 18.3 Å². The van der Waals surface area contributed by atoms with Gasteiger partial charge in [0.15, 0.2) is 0 Å². The highest BCUT2D eigenvalue weighted by Crippen LogP contribution is 2.08. The van der Waals surface area contributed by atoms with Crippen molar-refractivity contribution < 1.29 is 0 Å². The van der Waals surface area contributed by atoms with E-state index < -0.39 is 0 Å². The average molecular weight is 256 g/mol. The van der Waals surface area contributed by atoms with Crippen LogP contribution in [-0.2, 0) is 0 Å². The fourth-order valence-electron chi connectivity index (χ4n) is 2.00. The maximum Gasteiger partial charge on any atom is 0.00366 e. The van der Waals surface area contributed by atoms with Crippen molar-refractivity contribution in [3.05, 3.63) is 0 Å². The fourth-order valence-corrected chi connectivity index (χ4v) is 2.00. The molecule has 1 unspecified atom stereocenters. The van der Waals surface area contributed by atoms with Gasteiger partial charge in [-0.15, -0.1) is 0 Å². The molecule has 0 aromatic heterocycles. The first-order valence-corrected chi connectivity index (χ1v) is 7.93. The molecule has 0 radical (unpaired) electrons. The third-order valence-corrected chi connectivity index (χ3v) is 3.62. The van der Waals surface area contributed by atoms with Crippen molar-refractivity contribution in [2.45, 2.75) is 72.8 Å². The lowest BCUT2D eigenvalue weighted by atomic mass is 10.1. The zero-order chi connectivity index (χ0) is 14.0. The Morgan fingerprint density at radius 3 is 1.72 bits per heavy atom. The van der Waals surface area contributed by atoms with Crippen LogP contribution in [0.3, 0.4) is 0 Å². The second kappa shape index (κ2) is 10.8. The molecule has 0 aliphatic rings. The number of nitrogens with zero attached hydrogens (tertiary/aromatic N) is 1. The monoisotopic (exact) mass is 256 g/mol. The molecule has 0 amide bonds. The highest BCUT2D eigenvalue weighted by molar-refractivity contribution is 4.64. The van der Waals surface area contributed by atoms with Crippen LogP contribution in [-0.4, -0.2) is 30.6 Å². The summed E-state index contributed by atoms with van der Waals surface area (Å²) in [6, 6.07) is 0.405. The molecular weight excluding hydrogens is 220 g/mol. The van der Waals surface area contributed by atoms with Crippen LogP contribution in [0.5, 0.6) is 0 Å². The van der Waals surface area contributed by atoms with Crippen LogP contribution in [0.2, 0.25) is 0 Å². The molecule has 0 aliphatic carbocycles. The zero-order valence-corrected chi connectivity index (χ0v) is 13.4. The molecule has 0 rings (SSSR count). The second-order valence-electron chi connectivity index (χ2n) is 6.52. The van der Waals surface area contributed by atoms with E-state index in [9.17, 15) is 0 Å². The highest BCUT2D eigenvalue weighted by Gasteiger charge is 2.08. The van der Waals surface area contributed by atoms with Crippen molar-refractivity contribution in [3.8, 4) is 0 Å². The molecule has 0 heterocycles. The Morgan fingerprint density at radius 1 is 0.833 bits per heavy atom. The average Bonchev–Trinajstić information content (AvgIpc) is 2.31. The number of hydrogen-bond donors (Lipinski definition) is 1. The van der Waals surface area contributed by atoms with Gasteiger partial charge >= 0.3 is 0 Å². The van der Waals surface area contributed by atoms with Crippen molar-refractivity contribution in [2.75, 3.05) is 19.6 Å². The largest absolute Gasteiger partial charge is 0.328 e. The van der Waals surface area contributed by atoms with Crippen molar-refractivity contribution in [2.24, 2.45) is 17.6 Å². The molecular formula is C16H36N2. The van der Waals surface area contributed by atoms with E-state index in [0.29, 0.717) is 6.04 Å². The standard InChI is InChI=1S/C16H36N2/c1-6-16(17)8-7-11-18(12-9-14(2)3)13-10-15(4)5/h14-16H,6-13,17H2,1-5H3. The van der Waals surface area contributed by atoms with E-state index in [4.69, 9.17) is 5.73 Å². The molecule has 0 aromatic carbocycles. The lowest BCUT2D eigenvalue weighted by molar-refractivity contribution is 0.237. The van der Waals surface area contributed by atoms with Crippen LogP contribution in [0, 0.1) is 11.8 Å². The first-order chi connectivity index (χ1) is 8.45. The predicted molar refractivity (Wildman–Crippen MR) is 82.9 cm³/mol. The van der Waals surface area contributed by atoms with E-state index in [1.54, 1.807) is 0 Å². The van der Waals surface area contributed by atoms with Gasteiger partial charge in [0, 0.05) is 6.04 Å². The predicted octanol–water partition coefficient (Wildman–Crippen LogP) is 3.90. The summed E-state index contributed by atoms with van der Waals surface area (Å²) in [5, 5.41) is 0. The number of hydrogen-bond acceptors (Lipinski definition) is 2. The van der Waals surface area contributed by atoms with Crippen molar-refractivity contribution in [1.29, 1.82) is 0 Å². The van der Waals surface area contributed by atoms with E-state index in [2.05, 4.69) is 39.5 Å². The summed E-state index contributed by atoms with van der Waals surface area (Å²) < 4.78 is 0. The van der Waals surface area contributed by atoms with Gasteiger partial charge in [-0.1, -0.05) is 34.6 Å². The first-order valence-electron chi connectivity index (χ1n) is 7.93. The molecule has 0 saturated carbocycles. The summed E-state index contributed by atoms with van der Waals surface area (Å²) in [6.45, 7) is 15.2. The molecule has 2 heteroatoms. The van der Waals surface area contributed by atoms with Gasteiger partial charge in [-0.2, -0.15) is 0 Å². The van der Waals surface area contributed by atoms with Crippen molar-refractivity contribution in [1.82, 2.24) is 4.90 Å². The van der Waals surface area contributed by atoms with Crippen LogP contribution < -0.4 is 5.73 Å². The van der Waals surface area contributed by atoms with Gasteiger partial charge in [0.25, 0.3) is 0 Å². The van der Waals surface area contributed by atoms with E-state index in [1.807, 2.05) is 0 Å². The molecule has 0 aromatic rings. The third-order valence-electron chi connectivity index (χ3n) is 3.62. The van der Waals surface area contributed by atoms with Gasteiger partial charge in [-0.3, -0.25) is 0 Å². The van der Waals surface area contributed by atoms with Gasteiger partial charge in [-0.05, 0) is 63.6 Å². The summed E-state index contributed by atoms with van der Waals surface area (Å²) in [6.07, 6.45) is 6.18. The summed E-state index contributed by atoms with van der Waals surface area (Å²) in [5.74, 6) is 1.62. The third kappa shape index (κ3) is 11.0. The topological polar surface area (TPSA) is 29.3 Å². The molecule has 2 nitrogen and oxygen atoms in total. The molecule has 0 saturated heterocycles. The smallest absolute Gasteiger partial charge is 0.00366 e. The lowest BCUT2D eigenvalue weighted by Gasteiger charge is -2.24. The highest BCUT2D eigenvalue weighted by atomic mass is 15.1. The van der Waals surface area contributed by atoms with E-state index in [1.165, 1.54) is 45.3 Å². The minimum Gasteiger partial charge on any atom is -0.328 e. The molecule has 1 atom stereocenters. The maximum absolute atomic E-state index is 5.99. The Balaban J connectivity index is 3.88. The number of nitrogens with two attached hydrogens (primary N) is 1. The Hall–Kier alpha value is -0.0800. The summed E-state index contributed by atoms with van der Waals surface area (Å²) in [7, 11) is 0. The van der Waals surface area contributed by atoms with Gasteiger partial charge in [0.1, 0.15) is 0 Å². The number of rotatable bonds is 11. The van der Waals surface area contributed by atoms with Gasteiger partial charge < -0.3 is 10.6 Å². The Labute approximate surface area is 115 Å². The summed E-state index contributed by atoms with van der Waals surface area (Å²) >= 11 is 0. The quantitative estimate of drug-likeness (QED) is 0.607. The van der Waals surface area contributed by atoms with Crippen molar-refractivity contribution >= 4 is 0 Å². The molecule has 110 valence electrons. The molecule has 2 N–H and O–H groups in total. The van der Waals surface area contributed by atoms with E-state index >= 15 is 0 Å². The fraction of sp³-hybridized carbons (Fsp3) is 1.00. The van der Waals surface area contributed by atoms with Crippen molar-refractivity contribution in [3.63, 3.8) is 0 Å². The molecule has 0 aliphatic heterocycles. The Morgan fingerprint density at radius 2 is 1.33 bits per heavy atom. The van der Waals surface area contributed by atoms with Gasteiger partial charge in [0.2, 0.25) is 0 Å². The van der Waals surface area contributed by atoms with Crippen LogP contribution in [0.4, 0.5) is 0 Å². The summed E-state index contributed by atoms with van der Waals surface area (Å²) in [4.78, 5) is 2.64. The van der Waals surface area contributed by atoms with E-state index in [-0.39, 0.29) is 0 Å². The molecule has 0 fully saturated rings. The summed E-state index contributed by atoms with van der Waals surface area (Å²) in [5.41, 5.74) is 5.99. The molecule has 18 heavy (non-hydrogen) atoms. The molecule has 0 bridgehead atoms. The van der Waals surface area contributed by atoms with Crippen LogP contribution >= 0.6 is 0 Å². The van der Waals surface area contributed by atoms with Crippen LogP contribution in [0.1, 0.15) is 66.7 Å².